The van der Waals surface area contributed by atoms with Gasteiger partial charge >= 0.3 is 5.97 Å². The second kappa shape index (κ2) is 4.33. The summed E-state index contributed by atoms with van der Waals surface area (Å²) in [4.78, 5) is 22.9. The molecule has 0 aromatic rings. The quantitative estimate of drug-likeness (QED) is 0.528. The molecule has 1 unspecified atom stereocenters. The third-order valence-corrected chi connectivity index (χ3v) is 4.01. The zero-order valence-corrected chi connectivity index (χ0v) is 9.20. The molecule has 0 aromatic heterocycles. The number of Topliss-reactive ketones (excluding diaryl/α,β-unsaturated/α-hetero) is 1. The fourth-order valence-corrected chi connectivity index (χ4v) is 3.12. The van der Waals surface area contributed by atoms with Crippen molar-refractivity contribution in [2.75, 3.05) is 7.11 Å². The molecule has 84 valence electrons. The van der Waals surface area contributed by atoms with Crippen molar-refractivity contribution in [3.63, 3.8) is 0 Å². The molecular weight excluding hydrogens is 192 g/mol. The zero-order chi connectivity index (χ0) is 10.8. The zero-order valence-electron chi connectivity index (χ0n) is 9.20. The Morgan fingerprint density at radius 1 is 1.20 bits per heavy atom. The largest absolute Gasteiger partial charge is 0.469 e. The smallest absolute Gasteiger partial charge is 0.313 e. The molecule has 3 aliphatic carbocycles. The first-order valence-corrected chi connectivity index (χ1v) is 5.80. The Labute approximate surface area is 90.2 Å². The van der Waals surface area contributed by atoms with E-state index in [-0.39, 0.29) is 24.1 Å². The number of rotatable bonds is 3. The monoisotopic (exact) mass is 210 g/mol. The van der Waals surface area contributed by atoms with Gasteiger partial charge in [0, 0.05) is 5.92 Å². The highest BCUT2D eigenvalue weighted by Gasteiger charge is 2.39. The SMILES string of the molecule is COC(=O)CC(=O)C1CC2CCC1CC2. The Balaban J connectivity index is 1.93. The highest BCUT2D eigenvalue weighted by Crippen LogP contribution is 2.45. The van der Waals surface area contributed by atoms with Gasteiger partial charge in [-0.05, 0) is 31.1 Å². The van der Waals surface area contributed by atoms with Gasteiger partial charge in [-0.1, -0.05) is 12.8 Å². The van der Waals surface area contributed by atoms with Gasteiger partial charge in [0.25, 0.3) is 0 Å². The number of ether oxygens (including phenoxy) is 1. The molecule has 3 rings (SSSR count). The van der Waals surface area contributed by atoms with Crippen molar-refractivity contribution in [1.82, 2.24) is 0 Å². The van der Waals surface area contributed by atoms with Gasteiger partial charge in [0.15, 0.2) is 0 Å². The lowest BCUT2D eigenvalue weighted by Crippen LogP contribution is -2.36. The van der Waals surface area contributed by atoms with Crippen LogP contribution >= 0.6 is 0 Å². The summed E-state index contributed by atoms with van der Waals surface area (Å²) in [6, 6.07) is 0. The first kappa shape index (κ1) is 10.7. The number of methoxy groups -OCH3 is 1. The summed E-state index contributed by atoms with van der Waals surface area (Å²) in [6.45, 7) is 0. The first-order chi connectivity index (χ1) is 7.20. The number of esters is 1. The van der Waals surface area contributed by atoms with Gasteiger partial charge < -0.3 is 4.74 Å². The Bertz CT molecular complexity index is 264. The molecule has 1 atom stereocenters. The van der Waals surface area contributed by atoms with E-state index in [1.807, 2.05) is 0 Å². The van der Waals surface area contributed by atoms with Crippen LogP contribution < -0.4 is 0 Å². The molecule has 3 saturated carbocycles. The summed E-state index contributed by atoms with van der Waals surface area (Å²) in [5.74, 6) is 1.16. The Kier molecular flexibility index (Phi) is 3.08. The fraction of sp³-hybridized carbons (Fsp3) is 0.833. The van der Waals surface area contributed by atoms with E-state index in [1.165, 1.54) is 32.8 Å². The van der Waals surface area contributed by atoms with Gasteiger partial charge in [-0.3, -0.25) is 9.59 Å². The van der Waals surface area contributed by atoms with E-state index in [2.05, 4.69) is 4.74 Å². The van der Waals surface area contributed by atoms with Crippen LogP contribution in [0.2, 0.25) is 0 Å². The minimum Gasteiger partial charge on any atom is -0.469 e. The van der Waals surface area contributed by atoms with Crippen LogP contribution in [0.5, 0.6) is 0 Å². The lowest BCUT2D eigenvalue weighted by atomic mass is 9.63. The van der Waals surface area contributed by atoms with E-state index in [4.69, 9.17) is 0 Å². The summed E-state index contributed by atoms with van der Waals surface area (Å²) in [5.41, 5.74) is 0. The van der Waals surface area contributed by atoms with Crippen molar-refractivity contribution < 1.29 is 14.3 Å². The van der Waals surface area contributed by atoms with Gasteiger partial charge in [-0.2, -0.15) is 0 Å². The van der Waals surface area contributed by atoms with Crippen molar-refractivity contribution >= 4 is 11.8 Å². The van der Waals surface area contributed by atoms with Crippen molar-refractivity contribution in [1.29, 1.82) is 0 Å². The van der Waals surface area contributed by atoms with E-state index in [0.717, 1.165) is 12.3 Å². The maximum Gasteiger partial charge on any atom is 0.313 e. The van der Waals surface area contributed by atoms with Crippen LogP contribution in [0.3, 0.4) is 0 Å². The molecule has 0 heterocycles. The second-order valence-corrected chi connectivity index (χ2v) is 4.84. The molecule has 0 aromatic carbocycles. The van der Waals surface area contributed by atoms with Crippen LogP contribution in [0.15, 0.2) is 0 Å². The molecule has 2 bridgehead atoms. The fourth-order valence-electron chi connectivity index (χ4n) is 3.12. The molecule has 3 nitrogen and oxygen atoms in total. The summed E-state index contributed by atoms with van der Waals surface area (Å²) in [7, 11) is 1.34. The summed E-state index contributed by atoms with van der Waals surface area (Å²) >= 11 is 0. The third-order valence-electron chi connectivity index (χ3n) is 4.01. The van der Waals surface area contributed by atoms with E-state index in [1.54, 1.807) is 0 Å². The summed E-state index contributed by atoms with van der Waals surface area (Å²) in [6.07, 6.45) is 5.93. The predicted octanol–water partition coefficient (Wildman–Crippen LogP) is 1.94. The Morgan fingerprint density at radius 3 is 2.33 bits per heavy atom. The number of ketones is 1. The molecule has 0 N–H and O–H groups in total. The molecule has 3 aliphatic rings. The van der Waals surface area contributed by atoms with Crippen molar-refractivity contribution in [3.05, 3.63) is 0 Å². The average Bonchev–Trinajstić information content (AvgIpc) is 2.30. The van der Waals surface area contributed by atoms with E-state index >= 15 is 0 Å². The second-order valence-electron chi connectivity index (χ2n) is 4.84. The third kappa shape index (κ3) is 2.21. The van der Waals surface area contributed by atoms with Gasteiger partial charge in [0.2, 0.25) is 0 Å². The Hall–Kier alpha value is -0.860. The molecule has 0 saturated heterocycles. The highest BCUT2D eigenvalue weighted by molar-refractivity contribution is 5.97. The van der Waals surface area contributed by atoms with E-state index in [0.29, 0.717) is 5.92 Å². The van der Waals surface area contributed by atoms with E-state index < -0.39 is 0 Å². The predicted molar refractivity (Wildman–Crippen MR) is 55.2 cm³/mol. The number of hydrogen-bond acceptors (Lipinski definition) is 3. The van der Waals surface area contributed by atoms with Crippen LogP contribution in [0.4, 0.5) is 0 Å². The van der Waals surface area contributed by atoms with E-state index in [9.17, 15) is 9.59 Å². The molecule has 0 radical (unpaired) electrons. The lowest BCUT2D eigenvalue weighted by Gasteiger charge is -2.41. The van der Waals surface area contributed by atoms with Crippen LogP contribution in [-0.4, -0.2) is 18.9 Å². The minimum absolute atomic E-state index is 0.0234. The molecular formula is C12H18O3. The van der Waals surface area contributed by atoms with Crippen LogP contribution in [-0.2, 0) is 14.3 Å². The summed E-state index contributed by atoms with van der Waals surface area (Å²) in [5, 5.41) is 0. The van der Waals surface area contributed by atoms with Gasteiger partial charge in [-0.15, -0.1) is 0 Å². The lowest BCUT2D eigenvalue weighted by molar-refractivity contribution is -0.145. The van der Waals surface area contributed by atoms with Crippen molar-refractivity contribution in [3.8, 4) is 0 Å². The number of fused-ring (bicyclic) bond motifs is 3. The molecule has 0 amide bonds. The first-order valence-electron chi connectivity index (χ1n) is 5.80. The highest BCUT2D eigenvalue weighted by atomic mass is 16.5. The molecule has 0 aliphatic heterocycles. The molecule has 0 spiro atoms. The Morgan fingerprint density at radius 2 is 1.87 bits per heavy atom. The maximum atomic E-state index is 11.9. The number of hydrogen-bond donors (Lipinski definition) is 0. The molecule has 3 heteroatoms. The maximum absolute atomic E-state index is 11.9. The van der Waals surface area contributed by atoms with Crippen LogP contribution in [0, 0.1) is 17.8 Å². The van der Waals surface area contributed by atoms with Gasteiger partial charge in [-0.25, -0.2) is 0 Å². The molecule has 3 fully saturated rings. The standard InChI is InChI=1S/C12H18O3/c1-15-12(14)7-11(13)10-6-8-2-4-9(10)5-3-8/h8-10H,2-7H2,1H3. The number of carbonyl (C=O) groups is 2. The van der Waals surface area contributed by atoms with Gasteiger partial charge in [0.1, 0.15) is 12.2 Å². The van der Waals surface area contributed by atoms with Crippen LogP contribution in [0.1, 0.15) is 38.5 Å². The molecule has 15 heavy (non-hydrogen) atoms. The summed E-state index contributed by atoms with van der Waals surface area (Å²) < 4.78 is 4.53. The average molecular weight is 210 g/mol. The normalized spacial score (nSPS) is 33.8. The topological polar surface area (TPSA) is 43.4 Å². The van der Waals surface area contributed by atoms with Crippen molar-refractivity contribution in [2.45, 2.75) is 38.5 Å². The minimum atomic E-state index is -0.388. The van der Waals surface area contributed by atoms with Crippen molar-refractivity contribution in [2.24, 2.45) is 17.8 Å². The number of carbonyl (C=O) groups excluding carboxylic acids is 2. The van der Waals surface area contributed by atoms with Crippen LogP contribution in [0.25, 0.3) is 0 Å². The van der Waals surface area contributed by atoms with Gasteiger partial charge in [0.05, 0.1) is 7.11 Å².